The number of anilines is 2. The predicted molar refractivity (Wildman–Crippen MR) is 60.9 cm³/mol. The van der Waals surface area contributed by atoms with Gasteiger partial charge in [0.05, 0.1) is 6.54 Å². The Kier molecular flexibility index (Phi) is 3.32. The minimum Gasteiger partial charge on any atom is -0.384 e. The van der Waals surface area contributed by atoms with E-state index in [9.17, 15) is 13.2 Å². The first-order valence-electron chi connectivity index (χ1n) is 4.79. The van der Waals surface area contributed by atoms with Gasteiger partial charge in [-0.3, -0.25) is 0 Å². The minimum atomic E-state index is -4.62. The topological polar surface area (TPSA) is 76.7 Å². The van der Waals surface area contributed by atoms with Crippen LogP contribution in [0.2, 0.25) is 0 Å². The summed E-state index contributed by atoms with van der Waals surface area (Å²) in [6.07, 6.45) is -3.01. The SMILES string of the molecule is Nc1cc(NCc2nccs2)nc(C(F)(F)F)n1. The largest absolute Gasteiger partial charge is 0.451 e. The molecule has 2 rings (SSSR count). The standard InChI is InChI=1S/C9H8F3N5S/c10-9(11,12)8-16-5(13)3-6(17-8)15-4-7-14-1-2-18-7/h1-3H,4H2,(H3,13,15,16,17). The molecule has 0 bridgehead atoms. The van der Waals surface area contributed by atoms with Crippen molar-refractivity contribution < 1.29 is 13.2 Å². The van der Waals surface area contributed by atoms with E-state index in [4.69, 9.17) is 5.73 Å². The smallest absolute Gasteiger partial charge is 0.384 e. The van der Waals surface area contributed by atoms with Gasteiger partial charge in [0.25, 0.3) is 0 Å². The number of rotatable bonds is 3. The van der Waals surface area contributed by atoms with Crippen molar-refractivity contribution >= 4 is 23.0 Å². The molecule has 0 atom stereocenters. The van der Waals surface area contributed by atoms with Crippen LogP contribution in [0.3, 0.4) is 0 Å². The van der Waals surface area contributed by atoms with Crippen molar-refractivity contribution in [3.05, 3.63) is 28.5 Å². The van der Waals surface area contributed by atoms with Crippen molar-refractivity contribution in [1.82, 2.24) is 15.0 Å². The lowest BCUT2D eigenvalue weighted by Gasteiger charge is -2.09. The summed E-state index contributed by atoms with van der Waals surface area (Å²) in [6, 6.07) is 1.24. The average Bonchev–Trinajstić information content (AvgIpc) is 2.77. The average molecular weight is 275 g/mol. The summed E-state index contributed by atoms with van der Waals surface area (Å²) < 4.78 is 37.3. The molecule has 9 heteroatoms. The number of halogens is 3. The third-order valence-corrected chi connectivity index (χ3v) is 2.68. The van der Waals surface area contributed by atoms with Crippen molar-refractivity contribution in [3.63, 3.8) is 0 Å². The van der Waals surface area contributed by atoms with E-state index in [1.807, 2.05) is 0 Å². The van der Waals surface area contributed by atoms with Crippen molar-refractivity contribution in [3.8, 4) is 0 Å². The Bertz CT molecular complexity index is 525. The van der Waals surface area contributed by atoms with Crippen LogP contribution in [0.15, 0.2) is 17.6 Å². The monoisotopic (exact) mass is 275 g/mol. The molecular weight excluding hydrogens is 267 g/mol. The number of hydrogen-bond acceptors (Lipinski definition) is 6. The van der Waals surface area contributed by atoms with Gasteiger partial charge in [0, 0.05) is 17.6 Å². The molecular formula is C9H8F3N5S. The summed E-state index contributed by atoms with van der Waals surface area (Å²) in [6.45, 7) is 0.283. The zero-order valence-corrected chi connectivity index (χ0v) is 9.72. The highest BCUT2D eigenvalue weighted by molar-refractivity contribution is 7.09. The van der Waals surface area contributed by atoms with E-state index in [0.717, 1.165) is 5.01 Å². The molecule has 0 aliphatic carbocycles. The van der Waals surface area contributed by atoms with Crippen LogP contribution in [0, 0.1) is 0 Å². The zero-order valence-electron chi connectivity index (χ0n) is 8.90. The van der Waals surface area contributed by atoms with Gasteiger partial charge in [-0.1, -0.05) is 0 Å². The number of nitrogens with two attached hydrogens (primary N) is 1. The molecule has 0 saturated heterocycles. The maximum atomic E-state index is 12.4. The molecule has 5 nitrogen and oxygen atoms in total. The number of hydrogen-bond donors (Lipinski definition) is 2. The summed E-state index contributed by atoms with van der Waals surface area (Å²) in [7, 11) is 0. The Morgan fingerprint density at radius 3 is 2.72 bits per heavy atom. The summed E-state index contributed by atoms with van der Waals surface area (Å²) in [5, 5.41) is 5.22. The van der Waals surface area contributed by atoms with Crippen LogP contribution in [0.5, 0.6) is 0 Å². The molecule has 0 spiro atoms. The molecule has 0 radical (unpaired) electrons. The van der Waals surface area contributed by atoms with E-state index >= 15 is 0 Å². The van der Waals surface area contributed by atoms with Crippen LogP contribution in [-0.2, 0) is 12.7 Å². The molecule has 2 aromatic heterocycles. The summed E-state index contributed by atoms with van der Waals surface area (Å²) >= 11 is 1.39. The van der Waals surface area contributed by atoms with Crippen LogP contribution in [-0.4, -0.2) is 15.0 Å². The van der Waals surface area contributed by atoms with Crippen molar-refractivity contribution in [2.75, 3.05) is 11.1 Å². The molecule has 0 fully saturated rings. The first-order valence-corrected chi connectivity index (χ1v) is 5.67. The fraction of sp³-hybridized carbons (Fsp3) is 0.222. The first-order chi connectivity index (χ1) is 8.45. The van der Waals surface area contributed by atoms with Crippen LogP contribution in [0.25, 0.3) is 0 Å². The van der Waals surface area contributed by atoms with Gasteiger partial charge in [-0.25, -0.2) is 15.0 Å². The second-order valence-corrected chi connectivity index (χ2v) is 4.26. The number of nitrogens with zero attached hydrogens (tertiary/aromatic N) is 3. The molecule has 0 unspecified atom stereocenters. The summed E-state index contributed by atoms with van der Waals surface area (Å²) in [4.78, 5) is 10.5. The van der Waals surface area contributed by atoms with Gasteiger partial charge in [-0.15, -0.1) is 11.3 Å². The minimum absolute atomic E-state index is 0.0185. The van der Waals surface area contributed by atoms with Gasteiger partial charge in [-0.05, 0) is 0 Å². The van der Waals surface area contributed by atoms with Gasteiger partial charge in [0.15, 0.2) is 0 Å². The van der Waals surface area contributed by atoms with Gasteiger partial charge in [-0.2, -0.15) is 13.2 Å². The van der Waals surface area contributed by atoms with E-state index in [2.05, 4.69) is 20.3 Å². The van der Waals surface area contributed by atoms with Crippen molar-refractivity contribution in [1.29, 1.82) is 0 Å². The van der Waals surface area contributed by atoms with E-state index in [-0.39, 0.29) is 18.2 Å². The predicted octanol–water partition coefficient (Wildman–Crippen LogP) is 2.15. The third-order valence-electron chi connectivity index (χ3n) is 1.90. The summed E-state index contributed by atoms with van der Waals surface area (Å²) in [5.41, 5.74) is 5.30. The van der Waals surface area contributed by atoms with E-state index in [0.29, 0.717) is 0 Å². The normalized spacial score (nSPS) is 11.5. The molecule has 18 heavy (non-hydrogen) atoms. The maximum Gasteiger partial charge on any atom is 0.451 e. The Morgan fingerprint density at radius 2 is 2.11 bits per heavy atom. The second-order valence-electron chi connectivity index (χ2n) is 3.28. The Balaban J connectivity index is 2.15. The van der Waals surface area contributed by atoms with Crippen LogP contribution < -0.4 is 11.1 Å². The van der Waals surface area contributed by atoms with Crippen molar-refractivity contribution in [2.45, 2.75) is 12.7 Å². The second kappa shape index (κ2) is 4.77. The van der Waals surface area contributed by atoms with Gasteiger partial charge in [0.1, 0.15) is 16.6 Å². The van der Waals surface area contributed by atoms with E-state index < -0.39 is 12.0 Å². The zero-order chi connectivity index (χ0) is 13.2. The molecule has 3 N–H and O–H groups in total. The molecule has 0 aliphatic rings. The molecule has 2 heterocycles. The lowest BCUT2D eigenvalue weighted by molar-refractivity contribution is -0.144. The van der Waals surface area contributed by atoms with Gasteiger partial charge >= 0.3 is 6.18 Å². The van der Waals surface area contributed by atoms with Gasteiger partial charge in [0.2, 0.25) is 5.82 Å². The fourth-order valence-corrected chi connectivity index (χ4v) is 1.75. The number of alkyl halides is 3. The quantitative estimate of drug-likeness (QED) is 0.897. The lowest BCUT2D eigenvalue weighted by atomic mass is 10.4. The molecule has 96 valence electrons. The molecule has 0 aromatic carbocycles. The maximum absolute atomic E-state index is 12.4. The third kappa shape index (κ3) is 3.06. The highest BCUT2D eigenvalue weighted by Crippen LogP contribution is 2.27. The van der Waals surface area contributed by atoms with Crippen LogP contribution in [0.4, 0.5) is 24.8 Å². The lowest BCUT2D eigenvalue weighted by Crippen LogP contribution is -2.14. The molecule has 0 amide bonds. The Hall–Kier alpha value is -1.90. The highest BCUT2D eigenvalue weighted by atomic mass is 32.1. The van der Waals surface area contributed by atoms with Crippen LogP contribution in [0.1, 0.15) is 10.8 Å². The molecule has 2 aromatic rings. The number of aromatic nitrogens is 3. The molecule has 0 aliphatic heterocycles. The van der Waals surface area contributed by atoms with Crippen molar-refractivity contribution in [2.24, 2.45) is 0 Å². The number of nitrogen functional groups attached to an aromatic ring is 1. The highest BCUT2D eigenvalue weighted by Gasteiger charge is 2.35. The van der Waals surface area contributed by atoms with E-state index in [1.165, 1.54) is 17.4 Å². The fourth-order valence-electron chi connectivity index (χ4n) is 1.19. The number of nitrogens with one attached hydrogen (secondary N) is 1. The van der Waals surface area contributed by atoms with Crippen LogP contribution >= 0.6 is 11.3 Å². The number of thiazole rings is 1. The Morgan fingerprint density at radius 1 is 1.33 bits per heavy atom. The Labute approximate surface area is 104 Å². The summed E-state index contributed by atoms with van der Waals surface area (Å²) in [5.74, 6) is -1.48. The molecule has 0 saturated carbocycles. The first kappa shape index (κ1) is 12.6. The van der Waals surface area contributed by atoms with Gasteiger partial charge < -0.3 is 11.1 Å². The van der Waals surface area contributed by atoms with E-state index in [1.54, 1.807) is 11.6 Å².